The van der Waals surface area contributed by atoms with E-state index < -0.39 is 11.6 Å². The molecule has 4 rings (SSSR count). The highest BCUT2D eigenvalue weighted by molar-refractivity contribution is 5.71. The molecule has 0 radical (unpaired) electrons. The Kier molecular flexibility index (Phi) is 8.13. The number of hydrogen-bond acceptors (Lipinski definition) is 0. The van der Waals surface area contributed by atoms with Crippen LogP contribution in [0.2, 0.25) is 0 Å². The SMILES string of the molecule is CCCCCCc1ccc(-c2ccc(-c3ccc(C4CCC(C)CC4)cc3F)cc2)c(F)c1F. The molecular formula is C31H35F3. The van der Waals surface area contributed by atoms with Crippen LogP contribution in [0.25, 0.3) is 22.3 Å². The Labute approximate surface area is 202 Å². The van der Waals surface area contributed by atoms with Crippen molar-refractivity contribution >= 4 is 0 Å². The number of benzene rings is 3. The van der Waals surface area contributed by atoms with Gasteiger partial charge in [-0.1, -0.05) is 94.5 Å². The zero-order chi connectivity index (χ0) is 24.1. The molecule has 0 bridgehead atoms. The molecule has 0 heterocycles. The van der Waals surface area contributed by atoms with Gasteiger partial charge in [0.25, 0.3) is 0 Å². The summed E-state index contributed by atoms with van der Waals surface area (Å²) in [5.74, 6) is -0.586. The van der Waals surface area contributed by atoms with E-state index in [0.29, 0.717) is 29.0 Å². The van der Waals surface area contributed by atoms with Crippen LogP contribution in [0.15, 0.2) is 54.6 Å². The second-order valence-electron chi connectivity index (χ2n) is 9.98. The van der Waals surface area contributed by atoms with E-state index in [9.17, 15) is 13.2 Å². The summed E-state index contributed by atoms with van der Waals surface area (Å²) in [6.45, 7) is 4.41. The average Bonchev–Trinajstić information content (AvgIpc) is 2.85. The van der Waals surface area contributed by atoms with Crippen molar-refractivity contribution in [1.82, 2.24) is 0 Å². The molecule has 0 nitrogen and oxygen atoms in total. The maximum absolute atomic E-state index is 15.0. The topological polar surface area (TPSA) is 0 Å². The van der Waals surface area contributed by atoms with Crippen molar-refractivity contribution in [1.29, 1.82) is 0 Å². The molecular weight excluding hydrogens is 429 g/mol. The molecule has 3 heteroatoms. The first-order chi connectivity index (χ1) is 16.5. The van der Waals surface area contributed by atoms with Gasteiger partial charge in [0, 0.05) is 11.1 Å². The van der Waals surface area contributed by atoms with Crippen molar-refractivity contribution < 1.29 is 13.2 Å². The third-order valence-electron chi connectivity index (χ3n) is 7.45. The molecule has 0 spiro atoms. The molecule has 0 N–H and O–H groups in total. The van der Waals surface area contributed by atoms with Crippen molar-refractivity contribution in [3.63, 3.8) is 0 Å². The largest absolute Gasteiger partial charge is 0.206 e. The van der Waals surface area contributed by atoms with E-state index in [1.807, 2.05) is 12.1 Å². The summed E-state index contributed by atoms with van der Waals surface area (Å²) in [6.07, 6.45) is 9.30. The molecule has 1 aliphatic carbocycles. The van der Waals surface area contributed by atoms with Gasteiger partial charge in [0.15, 0.2) is 11.6 Å². The number of aryl methyl sites for hydroxylation is 1. The second-order valence-corrected chi connectivity index (χ2v) is 9.98. The van der Waals surface area contributed by atoms with E-state index in [0.717, 1.165) is 55.6 Å². The lowest BCUT2D eigenvalue weighted by atomic mass is 9.79. The molecule has 1 saturated carbocycles. The standard InChI is InChI=1S/C31H35F3/c1-3-4-5-6-7-25-16-19-28(31(34)30(25)33)24-14-12-23(13-15-24)27-18-17-26(20-29(27)32)22-10-8-21(2)9-11-22/h12-22H,3-11H2,1-2H3. The Hall–Kier alpha value is -2.55. The monoisotopic (exact) mass is 464 g/mol. The summed E-state index contributed by atoms with van der Waals surface area (Å²) in [5.41, 5.74) is 3.61. The predicted octanol–water partition coefficient (Wildman–Crippen LogP) is 9.85. The highest BCUT2D eigenvalue weighted by atomic mass is 19.2. The summed E-state index contributed by atoms with van der Waals surface area (Å²) < 4.78 is 44.5. The van der Waals surface area contributed by atoms with Crippen LogP contribution in [0.4, 0.5) is 13.2 Å². The lowest BCUT2D eigenvalue weighted by Crippen LogP contribution is -2.11. The smallest absolute Gasteiger partial charge is 0.166 e. The summed E-state index contributed by atoms with van der Waals surface area (Å²) in [7, 11) is 0. The second kappa shape index (κ2) is 11.3. The molecule has 0 unspecified atom stereocenters. The van der Waals surface area contributed by atoms with Crippen LogP contribution < -0.4 is 0 Å². The molecule has 0 amide bonds. The molecule has 1 fully saturated rings. The van der Waals surface area contributed by atoms with Crippen LogP contribution in [0.3, 0.4) is 0 Å². The van der Waals surface area contributed by atoms with E-state index in [2.05, 4.69) is 13.8 Å². The van der Waals surface area contributed by atoms with Crippen LogP contribution in [-0.4, -0.2) is 0 Å². The third kappa shape index (κ3) is 5.56. The number of hydrogen-bond donors (Lipinski definition) is 0. The van der Waals surface area contributed by atoms with Gasteiger partial charge in [0.1, 0.15) is 5.82 Å². The van der Waals surface area contributed by atoms with Crippen LogP contribution in [0.5, 0.6) is 0 Å². The van der Waals surface area contributed by atoms with Crippen molar-refractivity contribution in [3.05, 3.63) is 83.2 Å². The Morgan fingerprint density at radius 1 is 0.706 bits per heavy atom. The van der Waals surface area contributed by atoms with Crippen molar-refractivity contribution in [2.75, 3.05) is 0 Å². The zero-order valence-electron chi connectivity index (χ0n) is 20.3. The molecule has 0 atom stereocenters. The fraction of sp³-hybridized carbons (Fsp3) is 0.419. The molecule has 1 aliphatic rings. The van der Waals surface area contributed by atoms with Crippen molar-refractivity contribution in [2.24, 2.45) is 5.92 Å². The maximum atomic E-state index is 15.0. The minimum absolute atomic E-state index is 0.228. The predicted molar refractivity (Wildman–Crippen MR) is 135 cm³/mol. The van der Waals surface area contributed by atoms with Crippen LogP contribution >= 0.6 is 0 Å². The van der Waals surface area contributed by atoms with Gasteiger partial charge in [0.05, 0.1) is 0 Å². The number of unbranched alkanes of at least 4 members (excludes halogenated alkanes) is 3. The van der Waals surface area contributed by atoms with E-state index in [4.69, 9.17) is 0 Å². The van der Waals surface area contributed by atoms with E-state index >= 15 is 0 Å². The molecule has 0 saturated heterocycles. The van der Waals surface area contributed by atoms with Gasteiger partial charge in [-0.05, 0) is 65.8 Å². The summed E-state index contributed by atoms with van der Waals surface area (Å²) in [6, 6.07) is 16.0. The third-order valence-corrected chi connectivity index (χ3v) is 7.45. The van der Waals surface area contributed by atoms with Crippen LogP contribution in [-0.2, 0) is 6.42 Å². The Balaban J connectivity index is 1.49. The highest BCUT2D eigenvalue weighted by Crippen LogP contribution is 2.37. The molecule has 0 aliphatic heterocycles. The lowest BCUT2D eigenvalue weighted by molar-refractivity contribution is 0.347. The summed E-state index contributed by atoms with van der Waals surface area (Å²) in [5, 5.41) is 0. The molecule has 34 heavy (non-hydrogen) atoms. The van der Waals surface area contributed by atoms with E-state index in [-0.39, 0.29) is 11.4 Å². The Bertz CT molecular complexity index is 1090. The van der Waals surface area contributed by atoms with Crippen LogP contribution in [0.1, 0.15) is 82.3 Å². The maximum Gasteiger partial charge on any atom is 0.166 e. The first-order valence-corrected chi connectivity index (χ1v) is 12.8. The number of rotatable bonds is 8. The van der Waals surface area contributed by atoms with Gasteiger partial charge in [-0.2, -0.15) is 0 Å². The summed E-state index contributed by atoms with van der Waals surface area (Å²) >= 11 is 0. The molecule has 3 aromatic rings. The first-order valence-electron chi connectivity index (χ1n) is 12.8. The van der Waals surface area contributed by atoms with Crippen molar-refractivity contribution in [2.45, 2.75) is 77.6 Å². The van der Waals surface area contributed by atoms with Gasteiger partial charge in [0.2, 0.25) is 0 Å². The zero-order valence-corrected chi connectivity index (χ0v) is 20.3. The Morgan fingerprint density at radius 3 is 2.00 bits per heavy atom. The van der Waals surface area contributed by atoms with Crippen LogP contribution in [0, 0.1) is 23.4 Å². The molecule has 180 valence electrons. The highest BCUT2D eigenvalue weighted by Gasteiger charge is 2.21. The number of halogens is 3. The van der Waals surface area contributed by atoms with Gasteiger partial charge in [-0.25, -0.2) is 13.2 Å². The lowest BCUT2D eigenvalue weighted by Gasteiger charge is -2.26. The Morgan fingerprint density at radius 2 is 1.35 bits per heavy atom. The molecule has 3 aromatic carbocycles. The van der Waals surface area contributed by atoms with Gasteiger partial charge < -0.3 is 0 Å². The quantitative estimate of drug-likeness (QED) is 0.291. The van der Waals surface area contributed by atoms with Gasteiger partial charge >= 0.3 is 0 Å². The van der Waals surface area contributed by atoms with E-state index in [1.165, 1.54) is 12.8 Å². The van der Waals surface area contributed by atoms with Gasteiger partial charge in [-0.3, -0.25) is 0 Å². The first kappa shape index (κ1) is 24.6. The molecule has 0 aromatic heterocycles. The fourth-order valence-electron chi connectivity index (χ4n) is 5.19. The fourth-order valence-corrected chi connectivity index (χ4v) is 5.19. The minimum Gasteiger partial charge on any atom is -0.206 e. The minimum atomic E-state index is -0.807. The van der Waals surface area contributed by atoms with Gasteiger partial charge in [-0.15, -0.1) is 0 Å². The van der Waals surface area contributed by atoms with Crippen molar-refractivity contribution in [3.8, 4) is 22.3 Å². The average molecular weight is 465 g/mol. The summed E-state index contributed by atoms with van der Waals surface area (Å²) in [4.78, 5) is 0. The van der Waals surface area contributed by atoms with E-state index in [1.54, 1.807) is 42.5 Å². The normalized spacial score (nSPS) is 18.3.